The molecule has 0 heterocycles. The Kier molecular flexibility index (Phi) is 3.75. The molecule has 1 unspecified atom stereocenters. The molecule has 4 nitrogen and oxygen atoms in total. The number of primary amides is 1. The second kappa shape index (κ2) is 4.34. The molecule has 1 amide bonds. The van der Waals surface area contributed by atoms with Crippen LogP contribution in [0.3, 0.4) is 0 Å². The Hall–Kier alpha value is -1.50. The second-order valence-electron chi connectivity index (χ2n) is 1.84. The average molecular weight is 155 g/mol. The van der Waals surface area contributed by atoms with Gasteiger partial charge in [-0.05, 0) is 12.3 Å². The molecule has 0 saturated heterocycles. The molecule has 0 fully saturated rings. The van der Waals surface area contributed by atoms with Crippen molar-refractivity contribution in [1.29, 1.82) is 0 Å². The maximum Gasteiger partial charge on any atom is 0.405 e. The highest BCUT2D eigenvalue weighted by Gasteiger charge is 2.16. The summed E-state index contributed by atoms with van der Waals surface area (Å²) < 4.78 is 4.40. The van der Waals surface area contributed by atoms with Crippen molar-refractivity contribution in [3.05, 3.63) is 0 Å². The number of nitrogens with two attached hydrogens (primary N) is 1. The van der Waals surface area contributed by atoms with Gasteiger partial charge in [-0.2, -0.15) is 0 Å². The van der Waals surface area contributed by atoms with E-state index in [0.717, 1.165) is 0 Å². The number of hydrogen-bond acceptors (Lipinski definition) is 3. The zero-order chi connectivity index (χ0) is 8.85. The summed E-state index contributed by atoms with van der Waals surface area (Å²) in [6.45, 7) is 1.67. The Morgan fingerprint density at radius 3 is 2.55 bits per heavy atom. The minimum absolute atomic E-state index is 0.339. The molecule has 0 aliphatic carbocycles. The lowest BCUT2D eigenvalue weighted by Crippen LogP contribution is -2.28. The van der Waals surface area contributed by atoms with Crippen LogP contribution in [0.4, 0.5) is 4.79 Å². The van der Waals surface area contributed by atoms with Gasteiger partial charge in [0.15, 0.2) is 6.10 Å². The summed E-state index contributed by atoms with van der Waals surface area (Å²) in [4.78, 5) is 20.9. The van der Waals surface area contributed by atoms with E-state index in [4.69, 9.17) is 6.42 Å². The van der Waals surface area contributed by atoms with Gasteiger partial charge in [-0.15, -0.1) is 6.42 Å². The normalized spacial score (nSPS) is 11.3. The molecular weight excluding hydrogens is 146 g/mol. The third kappa shape index (κ3) is 3.26. The van der Waals surface area contributed by atoms with Crippen LogP contribution in [-0.4, -0.2) is 18.0 Å². The first-order chi connectivity index (χ1) is 5.11. The molecule has 0 radical (unpaired) electrons. The van der Waals surface area contributed by atoms with Crippen LogP contribution in [0.2, 0.25) is 0 Å². The number of carbonyl (C=O) groups excluding carboxylic acids is 2. The van der Waals surface area contributed by atoms with Crippen molar-refractivity contribution >= 4 is 11.9 Å². The summed E-state index contributed by atoms with van der Waals surface area (Å²) in [5.41, 5.74) is 4.68. The van der Waals surface area contributed by atoms with Crippen molar-refractivity contribution < 1.29 is 14.3 Å². The largest absolute Gasteiger partial charge is 0.437 e. The number of amides is 1. The smallest absolute Gasteiger partial charge is 0.405 e. The van der Waals surface area contributed by atoms with Gasteiger partial charge >= 0.3 is 6.09 Å². The maximum atomic E-state index is 10.7. The van der Waals surface area contributed by atoms with E-state index in [1.807, 2.05) is 5.92 Å². The molecule has 0 aromatic heterocycles. The number of rotatable bonds is 3. The van der Waals surface area contributed by atoms with Crippen molar-refractivity contribution in [1.82, 2.24) is 0 Å². The van der Waals surface area contributed by atoms with Crippen LogP contribution in [0, 0.1) is 12.3 Å². The van der Waals surface area contributed by atoms with Crippen molar-refractivity contribution in [3.8, 4) is 12.3 Å². The predicted molar refractivity (Wildman–Crippen MR) is 38.6 cm³/mol. The number of ether oxygens (including phenoxy) is 1. The van der Waals surface area contributed by atoms with Crippen LogP contribution < -0.4 is 5.73 Å². The van der Waals surface area contributed by atoms with Crippen LogP contribution >= 0.6 is 0 Å². The summed E-state index contributed by atoms with van der Waals surface area (Å²) in [6, 6.07) is 0. The number of carbonyl (C=O) groups is 2. The van der Waals surface area contributed by atoms with E-state index in [1.54, 1.807) is 6.92 Å². The van der Waals surface area contributed by atoms with E-state index >= 15 is 0 Å². The van der Waals surface area contributed by atoms with E-state index in [0.29, 0.717) is 6.42 Å². The summed E-state index contributed by atoms with van der Waals surface area (Å²) in [6.07, 6.45) is 3.25. The van der Waals surface area contributed by atoms with Gasteiger partial charge in [-0.3, -0.25) is 4.79 Å². The lowest BCUT2D eigenvalue weighted by molar-refractivity contribution is -0.121. The predicted octanol–water partition coefficient (Wildman–Crippen LogP) is 0.0626. The van der Waals surface area contributed by atoms with Crippen LogP contribution in [-0.2, 0) is 9.53 Å². The van der Waals surface area contributed by atoms with Gasteiger partial charge in [0, 0.05) is 0 Å². The fraction of sp³-hybridized carbons (Fsp3) is 0.429. The quantitative estimate of drug-likeness (QED) is 0.463. The number of terminal acetylenes is 1. The highest BCUT2D eigenvalue weighted by Crippen LogP contribution is 1.98. The molecule has 0 spiro atoms. The van der Waals surface area contributed by atoms with E-state index in [-0.39, 0.29) is 0 Å². The summed E-state index contributed by atoms with van der Waals surface area (Å²) in [5.74, 6) is 1.29. The molecule has 11 heavy (non-hydrogen) atoms. The Labute approximate surface area is 64.7 Å². The van der Waals surface area contributed by atoms with Gasteiger partial charge in [0.2, 0.25) is 5.78 Å². The molecule has 4 heteroatoms. The van der Waals surface area contributed by atoms with E-state index in [9.17, 15) is 9.59 Å². The first-order valence-corrected chi connectivity index (χ1v) is 3.08. The SMILES string of the molecule is C#CC(=O)C(CC)OC(N)=O. The molecule has 0 aliphatic heterocycles. The lowest BCUT2D eigenvalue weighted by atomic mass is 10.2. The van der Waals surface area contributed by atoms with Crippen molar-refractivity contribution in [2.75, 3.05) is 0 Å². The third-order valence-electron chi connectivity index (χ3n) is 1.06. The molecule has 1 atom stereocenters. The number of hydrogen-bond donors (Lipinski definition) is 1. The molecule has 0 aromatic rings. The van der Waals surface area contributed by atoms with Crippen LogP contribution in [0.5, 0.6) is 0 Å². The van der Waals surface area contributed by atoms with Crippen molar-refractivity contribution in [2.24, 2.45) is 5.73 Å². The van der Waals surface area contributed by atoms with Crippen LogP contribution in [0.1, 0.15) is 13.3 Å². The molecule has 2 N–H and O–H groups in total. The number of ketones is 1. The molecule has 0 rings (SSSR count). The number of Topliss-reactive ketones (excluding diaryl/α,β-unsaturated/α-hetero) is 1. The molecule has 0 saturated carbocycles. The average Bonchev–Trinajstić information content (AvgIpc) is 1.98. The van der Waals surface area contributed by atoms with Crippen LogP contribution in [0.15, 0.2) is 0 Å². The van der Waals surface area contributed by atoms with E-state index in [2.05, 4.69) is 10.5 Å². The highest BCUT2D eigenvalue weighted by molar-refractivity contribution is 5.99. The first kappa shape index (κ1) is 9.50. The first-order valence-electron chi connectivity index (χ1n) is 3.08. The fourth-order valence-corrected chi connectivity index (χ4v) is 0.555. The standard InChI is InChI=1S/C7H9NO3/c1-3-5(9)6(4-2)11-7(8)10/h1,6H,4H2,2H3,(H2,8,10). The summed E-state index contributed by atoms with van der Waals surface area (Å²) in [7, 11) is 0. The zero-order valence-electron chi connectivity index (χ0n) is 6.16. The second-order valence-corrected chi connectivity index (χ2v) is 1.84. The Bertz CT molecular complexity index is 204. The molecule has 0 aliphatic rings. The molecule has 0 aromatic carbocycles. The van der Waals surface area contributed by atoms with E-state index in [1.165, 1.54) is 0 Å². The third-order valence-corrected chi connectivity index (χ3v) is 1.06. The minimum Gasteiger partial charge on any atom is -0.437 e. The van der Waals surface area contributed by atoms with Gasteiger partial charge in [0.1, 0.15) is 0 Å². The topological polar surface area (TPSA) is 69.4 Å². The Morgan fingerprint density at radius 2 is 2.27 bits per heavy atom. The van der Waals surface area contributed by atoms with Crippen molar-refractivity contribution in [2.45, 2.75) is 19.4 Å². The monoisotopic (exact) mass is 155 g/mol. The summed E-state index contributed by atoms with van der Waals surface area (Å²) in [5, 5.41) is 0. The van der Waals surface area contributed by atoms with Gasteiger partial charge < -0.3 is 10.5 Å². The fourth-order valence-electron chi connectivity index (χ4n) is 0.555. The molecule has 60 valence electrons. The molecular formula is C7H9NO3. The maximum absolute atomic E-state index is 10.7. The summed E-state index contributed by atoms with van der Waals surface area (Å²) >= 11 is 0. The van der Waals surface area contributed by atoms with E-state index < -0.39 is 18.0 Å². The Balaban J connectivity index is 4.08. The molecule has 0 bridgehead atoms. The van der Waals surface area contributed by atoms with Gasteiger partial charge in [-0.25, -0.2) is 4.79 Å². The Morgan fingerprint density at radius 1 is 1.73 bits per heavy atom. The zero-order valence-corrected chi connectivity index (χ0v) is 6.16. The lowest BCUT2D eigenvalue weighted by Gasteiger charge is -2.08. The van der Waals surface area contributed by atoms with Crippen molar-refractivity contribution in [3.63, 3.8) is 0 Å². The van der Waals surface area contributed by atoms with Gasteiger partial charge in [-0.1, -0.05) is 6.92 Å². The minimum atomic E-state index is -0.986. The highest BCUT2D eigenvalue weighted by atomic mass is 16.6. The van der Waals surface area contributed by atoms with Crippen LogP contribution in [0.25, 0.3) is 0 Å². The van der Waals surface area contributed by atoms with Gasteiger partial charge in [0.25, 0.3) is 0 Å². The van der Waals surface area contributed by atoms with Gasteiger partial charge in [0.05, 0.1) is 0 Å².